The number of benzene rings is 2. The minimum Gasteiger partial charge on any atom is -0.478 e. The van der Waals surface area contributed by atoms with Gasteiger partial charge in [-0.2, -0.15) is 13.2 Å². The van der Waals surface area contributed by atoms with Crippen LogP contribution in [0.2, 0.25) is 0 Å². The third kappa shape index (κ3) is 5.27. The zero-order valence-corrected chi connectivity index (χ0v) is 16.8. The van der Waals surface area contributed by atoms with Crippen LogP contribution in [0.3, 0.4) is 0 Å². The molecular weight excluding hydrogens is 449 g/mol. The molecule has 0 spiro atoms. The maximum Gasteiger partial charge on any atom is 0.490 e. The van der Waals surface area contributed by atoms with E-state index in [0.717, 1.165) is 11.3 Å². The van der Waals surface area contributed by atoms with Crippen molar-refractivity contribution in [1.29, 1.82) is 0 Å². The SMILES string of the molecule is NCC(=O)N1c2ccccc2CC1c1nc2ccc(C(=O)O)cc2[nH]1.O.O=C(O)C(F)(F)F. The molecule has 1 amide bonds. The number of carbonyl (C=O) groups excluding carboxylic acids is 1. The number of halogens is 3. The first-order valence-electron chi connectivity index (χ1n) is 9.16. The van der Waals surface area contributed by atoms with Crippen LogP contribution in [0.5, 0.6) is 0 Å². The lowest BCUT2D eigenvalue weighted by Crippen LogP contribution is -2.37. The number of hydrogen-bond acceptors (Lipinski definition) is 5. The zero-order valence-electron chi connectivity index (χ0n) is 16.8. The summed E-state index contributed by atoms with van der Waals surface area (Å²) in [4.78, 5) is 41.8. The average molecular weight is 468 g/mol. The molecule has 0 bridgehead atoms. The molecule has 1 aromatic heterocycles. The van der Waals surface area contributed by atoms with Gasteiger partial charge in [0.2, 0.25) is 5.91 Å². The average Bonchev–Trinajstić information content (AvgIpc) is 3.33. The summed E-state index contributed by atoms with van der Waals surface area (Å²) < 4.78 is 31.7. The summed E-state index contributed by atoms with van der Waals surface area (Å²) in [6.45, 7) is -0.0891. The molecular formula is C20H19F3N4O6. The fourth-order valence-corrected chi connectivity index (χ4v) is 3.33. The van der Waals surface area contributed by atoms with Crippen molar-refractivity contribution >= 4 is 34.6 Å². The van der Waals surface area contributed by atoms with Gasteiger partial charge in [-0.1, -0.05) is 18.2 Å². The number of imidazole rings is 1. The number of carboxylic acid groups (broad SMARTS) is 2. The molecule has 3 aromatic rings. The van der Waals surface area contributed by atoms with Crippen LogP contribution < -0.4 is 10.6 Å². The Morgan fingerprint density at radius 2 is 1.79 bits per heavy atom. The van der Waals surface area contributed by atoms with Crippen molar-refractivity contribution in [3.05, 3.63) is 59.4 Å². The van der Waals surface area contributed by atoms with Crippen molar-refractivity contribution < 1.29 is 43.2 Å². The minimum atomic E-state index is -5.08. The number of aromatic amines is 1. The summed E-state index contributed by atoms with van der Waals surface area (Å²) in [7, 11) is 0. The number of para-hydroxylation sites is 1. The molecule has 2 heterocycles. The molecule has 7 N–H and O–H groups in total. The second-order valence-corrected chi connectivity index (χ2v) is 6.78. The monoisotopic (exact) mass is 468 g/mol. The van der Waals surface area contributed by atoms with Gasteiger partial charge in [0.15, 0.2) is 0 Å². The van der Waals surface area contributed by atoms with E-state index in [9.17, 15) is 22.8 Å². The number of alkyl halides is 3. The van der Waals surface area contributed by atoms with Crippen LogP contribution in [0.4, 0.5) is 18.9 Å². The number of carbonyl (C=O) groups is 3. The Morgan fingerprint density at radius 1 is 1.15 bits per heavy atom. The highest BCUT2D eigenvalue weighted by atomic mass is 19.4. The van der Waals surface area contributed by atoms with Crippen LogP contribution >= 0.6 is 0 Å². The van der Waals surface area contributed by atoms with Crippen LogP contribution in [0, 0.1) is 0 Å². The van der Waals surface area contributed by atoms with Gasteiger partial charge >= 0.3 is 18.1 Å². The Kier molecular flexibility index (Phi) is 7.41. The molecule has 1 aliphatic heterocycles. The number of hydrogen-bond donors (Lipinski definition) is 4. The molecule has 13 heteroatoms. The number of nitrogens with one attached hydrogen (secondary N) is 1. The number of nitrogens with two attached hydrogens (primary N) is 1. The molecule has 176 valence electrons. The predicted molar refractivity (Wildman–Crippen MR) is 110 cm³/mol. The van der Waals surface area contributed by atoms with Gasteiger partial charge in [-0.15, -0.1) is 0 Å². The quantitative estimate of drug-likeness (QED) is 0.451. The lowest BCUT2D eigenvalue weighted by atomic mass is 10.1. The highest BCUT2D eigenvalue weighted by Gasteiger charge is 2.38. The normalized spacial score (nSPS) is 14.7. The van der Waals surface area contributed by atoms with Crippen molar-refractivity contribution in [1.82, 2.24) is 9.97 Å². The number of H-pyrrole nitrogens is 1. The van der Waals surface area contributed by atoms with Gasteiger partial charge in [0.05, 0.1) is 29.2 Å². The molecule has 1 unspecified atom stereocenters. The van der Waals surface area contributed by atoms with Crippen LogP contribution in [-0.2, 0) is 16.0 Å². The first kappa shape index (κ1) is 25.3. The number of nitrogens with zero attached hydrogens (tertiary/aromatic N) is 2. The number of aliphatic carboxylic acids is 1. The van der Waals surface area contributed by atoms with Crippen LogP contribution in [0.25, 0.3) is 11.0 Å². The molecule has 0 radical (unpaired) electrons. The van der Waals surface area contributed by atoms with E-state index in [1.54, 1.807) is 17.0 Å². The molecule has 0 saturated carbocycles. The Hall–Kier alpha value is -3.97. The Balaban J connectivity index is 0.000000423. The summed E-state index contributed by atoms with van der Waals surface area (Å²) in [5, 5.41) is 16.3. The maximum absolute atomic E-state index is 12.4. The van der Waals surface area contributed by atoms with E-state index in [1.807, 2.05) is 24.3 Å². The Morgan fingerprint density at radius 3 is 2.36 bits per heavy atom. The molecule has 0 aliphatic carbocycles. The molecule has 33 heavy (non-hydrogen) atoms. The maximum atomic E-state index is 12.4. The molecule has 0 fully saturated rings. The number of anilines is 1. The van der Waals surface area contributed by atoms with Gasteiger partial charge in [0, 0.05) is 12.1 Å². The van der Waals surface area contributed by atoms with Gasteiger partial charge < -0.3 is 31.3 Å². The molecule has 0 saturated heterocycles. The number of aromatic nitrogens is 2. The van der Waals surface area contributed by atoms with Gasteiger partial charge in [0.1, 0.15) is 5.82 Å². The number of carboxylic acids is 2. The van der Waals surface area contributed by atoms with Gasteiger partial charge in [-0.05, 0) is 29.8 Å². The second-order valence-electron chi connectivity index (χ2n) is 6.78. The number of aromatic carboxylic acids is 1. The largest absolute Gasteiger partial charge is 0.490 e. The van der Waals surface area contributed by atoms with Crippen molar-refractivity contribution in [3.8, 4) is 0 Å². The van der Waals surface area contributed by atoms with E-state index in [0.29, 0.717) is 23.3 Å². The standard InChI is InChI=1S/C18H16N4O3.C2HF3O2.H2O/c19-9-16(23)22-14-4-2-1-3-10(14)8-15(22)17-20-12-6-5-11(18(24)25)7-13(12)21-17;3-2(4,5)1(6)7;/h1-7,15H,8-9,19H2,(H,20,21)(H,24,25);(H,6,7);1H2. The Bertz CT molecular complexity index is 1190. The minimum absolute atomic E-state index is 0. The zero-order chi connectivity index (χ0) is 23.6. The molecule has 1 aliphatic rings. The summed E-state index contributed by atoms with van der Waals surface area (Å²) in [6, 6.07) is 12.1. The third-order valence-electron chi connectivity index (χ3n) is 4.72. The van der Waals surface area contributed by atoms with E-state index >= 15 is 0 Å². The lowest BCUT2D eigenvalue weighted by Gasteiger charge is -2.23. The van der Waals surface area contributed by atoms with Crippen molar-refractivity contribution in [2.24, 2.45) is 5.73 Å². The van der Waals surface area contributed by atoms with E-state index < -0.39 is 18.1 Å². The van der Waals surface area contributed by atoms with E-state index in [1.165, 1.54) is 6.07 Å². The van der Waals surface area contributed by atoms with Gasteiger partial charge in [0.25, 0.3) is 0 Å². The summed E-state index contributed by atoms with van der Waals surface area (Å²) in [5.74, 6) is -3.31. The summed E-state index contributed by atoms with van der Waals surface area (Å²) >= 11 is 0. The molecule has 2 aromatic carbocycles. The highest BCUT2D eigenvalue weighted by molar-refractivity contribution is 5.98. The van der Waals surface area contributed by atoms with Crippen LogP contribution in [-0.4, -0.2) is 56.2 Å². The summed E-state index contributed by atoms with van der Waals surface area (Å²) in [6.07, 6.45) is -4.45. The molecule has 4 rings (SSSR count). The fourth-order valence-electron chi connectivity index (χ4n) is 3.33. The first-order valence-corrected chi connectivity index (χ1v) is 9.16. The third-order valence-corrected chi connectivity index (χ3v) is 4.72. The number of rotatable bonds is 3. The topological polar surface area (TPSA) is 181 Å². The Labute approximate surface area is 183 Å². The fraction of sp³-hybridized carbons (Fsp3) is 0.200. The van der Waals surface area contributed by atoms with Crippen molar-refractivity contribution in [3.63, 3.8) is 0 Å². The van der Waals surface area contributed by atoms with Gasteiger partial charge in [-0.25, -0.2) is 14.6 Å². The molecule has 10 nitrogen and oxygen atoms in total. The first-order chi connectivity index (χ1) is 15.0. The van der Waals surface area contributed by atoms with Crippen molar-refractivity contribution in [2.45, 2.75) is 18.6 Å². The number of fused-ring (bicyclic) bond motifs is 2. The molecule has 1 atom stereocenters. The van der Waals surface area contributed by atoms with E-state index in [-0.39, 0.29) is 29.5 Å². The van der Waals surface area contributed by atoms with Gasteiger partial charge in [-0.3, -0.25) is 4.79 Å². The highest BCUT2D eigenvalue weighted by Crippen LogP contribution is 2.39. The number of amides is 1. The van der Waals surface area contributed by atoms with E-state index in [4.69, 9.17) is 20.7 Å². The van der Waals surface area contributed by atoms with Crippen LogP contribution in [0.1, 0.15) is 27.8 Å². The van der Waals surface area contributed by atoms with Crippen molar-refractivity contribution in [2.75, 3.05) is 11.4 Å². The van der Waals surface area contributed by atoms with E-state index in [2.05, 4.69) is 9.97 Å². The second kappa shape index (κ2) is 9.67. The van der Waals surface area contributed by atoms with Crippen LogP contribution in [0.15, 0.2) is 42.5 Å². The smallest absolute Gasteiger partial charge is 0.478 e. The lowest BCUT2D eigenvalue weighted by molar-refractivity contribution is -0.192. The summed E-state index contributed by atoms with van der Waals surface area (Å²) in [5.41, 5.74) is 8.97. The predicted octanol–water partition coefficient (Wildman–Crippen LogP) is 1.66.